The zero-order valence-corrected chi connectivity index (χ0v) is 17.5. The van der Waals surface area contributed by atoms with Crippen LogP contribution in [0.15, 0.2) is 41.6 Å². The molecule has 0 unspecified atom stereocenters. The quantitative estimate of drug-likeness (QED) is 0.675. The molecule has 1 amide bonds. The van der Waals surface area contributed by atoms with Crippen LogP contribution in [0.1, 0.15) is 36.0 Å². The van der Waals surface area contributed by atoms with Gasteiger partial charge in [0.1, 0.15) is 0 Å². The van der Waals surface area contributed by atoms with E-state index in [0.717, 1.165) is 31.9 Å². The molecule has 0 atom stereocenters. The molecule has 1 saturated heterocycles. The molecule has 2 aromatic rings. The second kappa shape index (κ2) is 8.03. The van der Waals surface area contributed by atoms with Crippen molar-refractivity contribution in [2.45, 2.75) is 42.7 Å². The average Bonchev–Trinajstić information content (AvgIpc) is 3.59. The largest absolute Gasteiger partial charge is 0.332 e. The summed E-state index contributed by atoms with van der Waals surface area (Å²) in [6.07, 6.45) is 10.0. The zero-order chi connectivity index (χ0) is 21.3. The number of benzene rings is 1. The predicted molar refractivity (Wildman–Crippen MR) is 110 cm³/mol. The van der Waals surface area contributed by atoms with Crippen molar-refractivity contribution in [2.24, 2.45) is 0 Å². The molecular formula is C21H23N5O3S. The third-order valence-electron chi connectivity index (χ3n) is 5.61. The van der Waals surface area contributed by atoms with Crippen LogP contribution in [0.2, 0.25) is 0 Å². The Morgan fingerprint density at radius 2 is 1.63 bits per heavy atom. The van der Waals surface area contributed by atoms with Crippen LogP contribution >= 0.6 is 0 Å². The molecule has 2 heterocycles. The Labute approximate surface area is 176 Å². The van der Waals surface area contributed by atoms with E-state index in [1.54, 1.807) is 17.0 Å². The Morgan fingerprint density at radius 1 is 1.07 bits per heavy atom. The Bertz CT molecular complexity index is 1070. The molecule has 30 heavy (non-hydrogen) atoms. The van der Waals surface area contributed by atoms with Gasteiger partial charge >= 0.3 is 0 Å². The standard InChI is InChI=1S/C21H23N5O3S/c1-30(28,29)19-6-2-15(3-7-19)20-23-12-16(13-24-20)21(27)26(17-4-5-17)18-8-10-25(14-22)11-9-18/h2-3,6-7,12-13,17-18H,4-5,8-11H2,1H3. The lowest BCUT2D eigenvalue weighted by Crippen LogP contribution is -2.47. The van der Waals surface area contributed by atoms with Crippen LogP contribution in [0.4, 0.5) is 0 Å². The fourth-order valence-corrected chi connectivity index (χ4v) is 4.44. The smallest absolute Gasteiger partial charge is 0.257 e. The minimum absolute atomic E-state index is 0.0631. The van der Waals surface area contributed by atoms with Gasteiger partial charge in [-0.05, 0) is 49.9 Å². The van der Waals surface area contributed by atoms with Crippen molar-refractivity contribution in [3.05, 3.63) is 42.2 Å². The van der Waals surface area contributed by atoms with Crippen LogP contribution in [-0.2, 0) is 9.84 Å². The Hall–Kier alpha value is -2.99. The van der Waals surface area contributed by atoms with Gasteiger partial charge < -0.3 is 9.80 Å². The molecule has 0 radical (unpaired) electrons. The number of aromatic nitrogens is 2. The molecule has 0 spiro atoms. The monoisotopic (exact) mass is 425 g/mol. The zero-order valence-electron chi connectivity index (χ0n) is 16.7. The highest BCUT2D eigenvalue weighted by molar-refractivity contribution is 7.90. The number of amides is 1. The van der Waals surface area contributed by atoms with Crippen molar-refractivity contribution in [2.75, 3.05) is 19.3 Å². The van der Waals surface area contributed by atoms with Crippen molar-refractivity contribution in [1.82, 2.24) is 19.8 Å². The number of carbonyl (C=O) groups is 1. The summed E-state index contributed by atoms with van der Waals surface area (Å²) in [5.41, 5.74) is 1.13. The summed E-state index contributed by atoms with van der Waals surface area (Å²) in [4.78, 5) is 25.8. The summed E-state index contributed by atoms with van der Waals surface area (Å²) >= 11 is 0. The first-order chi connectivity index (χ1) is 14.4. The van der Waals surface area contributed by atoms with E-state index in [1.165, 1.54) is 24.5 Å². The topological polar surface area (TPSA) is 107 Å². The third kappa shape index (κ3) is 4.28. The fourth-order valence-electron chi connectivity index (χ4n) is 3.81. The summed E-state index contributed by atoms with van der Waals surface area (Å²) in [5, 5.41) is 9.05. The number of piperidine rings is 1. The molecule has 1 aromatic heterocycles. The number of hydrogen-bond donors (Lipinski definition) is 0. The van der Waals surface area contributed by atoms with Crippen molar-refractivity contribution in [3.63, 3.8) is 0 Å². The van der Waals surface area contributed by atoms with E-state index in [4.69, 9.17) is 5.26 Å². The lowest BCUT2D eigenvalue weighted by Gasteiger charge is -2.37. The molecule has 156 valence electrons. The van der Waals surface area contributed by atoms with Crippen molar-refractivity contribution in [3.8, 4) is 17.6 Å². The molecule has 1 aliphatic heterocycles. The average molecular weight is 426 g/mol. The highest BCUT2D eigenvalue weighted by atomic mass is 32.2. The van der Waals surface area contributed by atoms with E-state index in [9.17, 15) is 13.2 Å². The highest BCUT2D eigenvalue weighted by Crippen LogP contribution is 2.33. The maximum absolute atomic E-state index is 13.2. The Balaban J connectivity index is 1.50. The second-order valence-corrected chi connectivity index (χ2v) is 9.87. The van der Waals surface area contributed by atoms with Crippen molar-refractivity contribution >= 4 is 15.7 Å². The summed E-state index contributed by atoms with van der Waals surface area (Å²) in [5.74, 6) is 0.374. The summed E-state index contributed by atoms with van der Waals surface area (Å²) < 4.78 is 23.2. The van der Waals surface area contributed by atoms with E-state index < -0.39 is 9.84 Å². The van der Waals surface area contributed by atoms with Gasteiger partial charge in [-0.25, -0.2) is 18.4 Å². The number of nitriles is 1. The third-order valence-corrected chi connectivity index (χ3v) is 6.74. The van der Waals surface area contributed by atoms with Gasteiger partial charge in [-0.15, -0.1) is 0 Å². The first kappa shape index (κ1) is 20.3. The highest BCUT2D eigenvalue weighted by Gasteiger charge is 2.39. The van der Waals surface area contributed by atoms with E-state index in [2.05, 4.69) is 16.2 Å². The normalized spacial score (nSPS) is 17.4. The van der Waals surface area contributed by atoms with Gasteiger partial charge in [-0.2, -0.15) is 5.26 Å². The number of likely N-dealkylation sites (tertiary alicyclic amines) is 1. The molecule has 2 fully saturated rings. The van der Waals surface area contributed by atoms with Gasteiger partial charge in [-0.3, -0.25) is 4.79 Å². The molecule has 9 heteroatoms. The van der Waals surface area contributed by atoms with Crippen LogP contribution in [0.3, 0.4) is 0 Å². The molecule has 4 rings (SSSR count). The molecule has 1 saturated carbocycles. The summed E-state index contributed by atoms with van der Waals surface area (Å²) in [6.45, 7) is 1.35. The number of carbonyl (C=O) groups excluding carboxylic acids is 1. The van der Waals surface area contributed by atoms with Crippen LogP contribution in [0.5, 0.6) is 0 Å². The first-order valence-corrected chi connectivity index (χ1v) is 11.9. The van der Waals surface area contributed by atoms with Gasteiger partial charge in [0, 0.05) is 49.4 Å². The minimum atomic E-state index is -3.26. The van der Waals surface area contributed by atoms with Crippen molar-refractivity contribution < 1.29 is 13.2 Å². The van der Waals surface area contributed by atoms with Gasteiger partial charge in [0.2, 0.25) is 0 Å². The van der Waals surface area contributed by atoms with E-state index in [-0.39, 0.29) is 22.9 Å². The van der Waals surface area contributed by atoms with Gasteiger partial charge in [0.05, 0.1) is 10.5 Å². The van der Waals surface area contributed by atoms with Crippen molar-refractivity contribution in [1.29, 1.82) is 5.26 Å². The van der Waals surface area contributed by atoms with E-state index >= 15 is 0 Å². The SMILES string of the molecule is CS(=O)(=O)c1ccc(-c2ncc(C(=O)N(C3CC3)C3CCN(C#N)CC3)cn2)cc1. The molecule has 1 aromatic carbocycles. The number of rotatable bonds is 5. The predicted octanol–water partition coefficient (Wildman–Crippen LogP) is 2.10. The lowest BCUT2D eigenvalue weighted by atomic mass is 10.0. The van der Waals surface area contributed by atoms with Crippen LogP contribution in [0.25, 0.3) is 11.4 Å². The Morgan fingerprint density at radius 3 is 2.13 bits per heavy atom. The summed E-state index contributed by atoms with van der Waals surface area (Å²) in [7, 11) is -3.26. The summed E-state index contributed by atoms with van der Waals surface area (Å²) in [6, 6.07) is 6.77. The van der Waals surface area contributed by atoms with Crippen LogP contribution < -0.4 is 0 Å². The molecule has 0 N–H and O–H groups in total. The molecular weight excluding hydrogens is 402 g/mol. The fraction of sp³-hybridized carbons (Fsp3) is 0.429. The number of sulfone groups is 1. The lowest BCUT2D eigenvalue weighted by molar-refractivity contribution is 0.0584. The minimum Gasteiger partial charge on any atom is -0.332 e. The second-order valence-electron chi connectivity index (χ2n) is 7.85. The molecule has 0 bridgehead atoms. The van der Waals surface area contributed by atoms with Gasteiger partial charge in [0.15, 0.2) is 21.9 Å². The number of hydrogen-bond acceptors (Lipinski definition) is 7. The van der Waals surface area contributed by atoms with Gasteiger partial charge in [-0.1, -0.05) is 0 Å². The molecule has 2 aliphatic rings. The number of nitrogens with zero attached hydrogens (tertiary/aromatic N) is 5. The first-order valence-electron chi connectivity index (χ1n) is 9.96. The van der Waals surface area contributed by atoms with Gasteiger partial charge in [0.25, 0.3) is 5.91 Å². The Kier molecular flexibility index (Phi) is 5.43. The maximum Gasteiger partial charge on any atom is 0.257 e. The van der Waals surface area contributed by atoms with E-state index in [0.29, 0.717) is 30.0 Å². The van der Waals surface area contributed by atoms with E-state index in [1.807, 2.05) is 4.90 Å². The maximum atomic E-state index is 13.2. The molecule has 1 aliphatic carbocycles. The molecule has 8 nitrogen and oxygen atoms in total. The van der Waals surface area contributed by atoms with Crippen LogP contribution in [0, 0.1) is 11.5 Å². The van der Waals surface area contributed by atoms with Crippen LogP contribution in [-0.4, -0.2) is 65.5 Å².